The molecular formula is C16H24N2O2. The minimum atomic E-state index is -0.482. The van der Waals surface area contributed by atoms with Gasteiger partial charge >= 0.3 is 6.09 Å². The van der Waals surface area contributed by atoms with E-state index in [1.807, 2.05) is 32.9 Å². The van der Waals surface area contributed by atoms with Crippen LogP contribution < -0.4 is 10.6 Å². The number of carbonyl (C=O) groups excluding carboxylic acids is 1. The molecule has 0 saturated carbocycles. The molecule has 1 heterocycles. The number of rotatable bonds is 1. The lowest BCUT2D eigenvalue weighted by Crippen LogP contribution is -2.42. The van der Waals surface area contributed by atoms with Crippen molar-refractivity contribution in [3.05, 3.63) is 29.3 Å². The molecule has 0 spiro atoms. The molecule has 4 heteroatoms. The molecule has 0 fully saturated rings. The van der Waals surface area contributed by atoms with Crippen LogP contribution in [0.3, 0.4) is 0 Å². The summed E-state index contributed by atoms with van der Waals surface area (Å²) in [7, 11) is 0. The normalized spacial score (nSPS) is 17.2. The summed E-state index contributed by atoms with van der Waals surface area (Å²) in [4.78, 5) is 11.8. The fraction of sp³-hybridized carbons (Fsp3) is 0.562. The van der Waals surface area contributed by atoms with Crippen LogP contribution in [-0.4, -0.2) is 18.2 Å². The quantitative estimate of drug-likeness (QED) is 0.826. The SMILES string of the molecule is CC(C)(C)OC(=O)Nc1ccc2c(c1)CCNC2(C)C. The lowest BCUT2D eigenvalue weighted by atomic mass is 9.85. The van der Waals surface area contributed by atoms with Crippen molar-refractivity contribution >= 4 is 11.8 Å². The number of nitrogens with one attached hydrogen (secondary N) is 2. The molecule has 0 bridgehead atoms. The number of fused-ring (bicyclic) bond motifs is 1. The van der Waals surface area contributed by atoms with E-state index in [4.69, 9.17) is 4.74 Å². The highest BCUT2D eigenvalue weighted by atomic mass is 16.6. The third kappa shape index (κ3) is 3.51. The van der Waals surface area contributed by atoms with Crippen molar-refractivity contribution < 1.29 is 9.53 Å². The lowest BCUT2D eigenvalue weighted by Gasteiger charge is -2.34. The van der Waals surface area contributed by atoms with Gasteiger partial charge in [0.1, 0.15) is 5.60 Å². The van der Waals surface area contributed by atoms with E-state index in [-0.39, 0.29) is 5.54 Å². The van der Waals surface area contributed by atoms with Gasteiger partial charge in [0, 0.05) is 11.2 Å². The Hall–Kier alpha value is -1.55. The minimum Gasteiger partial charge on any atom is -0.444 e. The molecule has 0 aromatic heterocycles. The first-order chi connectivity index (χ1) is 9.17. The largest absolute Gasteiger partial charge is 0.444 e. The van der Waals surface area contributed by atoms with E-state index < -0.39 is 11.7 Å². The highest BCUT2D eigenvalue weighted by Gasteiger charge is 2.26. The maximum absolute atomic E-state index is 11.8. The predicted octanol–water partition coefficient (Wildman–Crippen LogP) is 3.41. The average molecular weight is 276 g/mol. The van der Waals surface area contributed by atoms with Crippen LogP contribution in [0.15, 0.2) is 18.2 Å². The topological polar surface area (TPSA) is 50.4 Å². The van der Waals surface area contributed by atoms with Gasteiger partial charge in [0.2, 0.25) is 0 Å². The molecular weight excluding hydrogens is 252 g/mol. The van der Waals surface area contributed by atoms with Gasteiger partial charge in [0.05, 0.1) is 0 Å². The minimum absolute atomic E-state index is 0.0158. The first-order valence-corrected chi connectivity index (χ1v) is 7.06. The van der Waals surface area contributed by atoms with Crippen molar-refractivity contribution in [1.82, 2.24) is 5.32 Å². The molecule has 0 atom stereocenters. The Labute approximate surface area is 120 Å². The Balaban J connectivity index is 2.14. The van der Waals surface area contributed by atoms with E-state index in [1.54, 1.807) is 0 Å². The smallest absolute Gasteiger partial charge is 0.412 e. The van der Waals surface area contributed by atoms with Crippen molar-refractivity contribution in [3.63, 3.8) is 0 Å². The van der Waals surface area contributed by atoms with Crippen LogP contribution >= 0.6 is 0 Å². The molecule has 1 aliphatic heterocycles. The zero-order valence-corrected chi connectivity index (χ0v) is 13.0. The maximum Gasteiger partial charge on any atom is 0.412 e. The number of ether oxygens (including phenoxy) is 1. The molecule has 1 aliphatic rings. The summed E-state index contributed by atoms with van der Waals surface area (Å²) in [5.41, 5.74) is 2.86. The van der Waals surface area contributed by atoms with Crippen molar-refractivity contribution in [2.45, 2.75) is 52.2 Å². The Morgan fingerprint density at radius 1 is 1.35 bits per heavy atom. The van der Waals surface area contributed by atoms with Crippen LogP contribution in [0.4, 0.5) is 10.5 Å². The van der Waals surface area contributed by atoms with Gasteiger partial charge in [-0.15, -0.1) is 0 Å². The summed E-state index contributed by atoms with van der Waals surface area (Å²) in [6.07, 6.45) is 0.563. The Morgan fingerprint density at radius 2 is 2.05 bits per heavy atom. The van der Waals surface area contributed by atoms with Gasteiger partial charge in [0.25, 0.3) is 0 Å². The summed E-state index contributed by atoms with van der Waals surface area (Å²) < 4.78 is 5.26. The van der Waals surface area contributed by atoms with E-state index in [0.29, 0.717) is 0 Å². The molecule has 0 aliphatic carbocycles. The lowest BCUT2D eigenvalue weighted by molar-refractivity contribution is 0.0636. The standard InChI is InChI=1S/C16H24N2O2/c1-15(2,3)20-14(19)18-12-6-7-13-11(10-12)8-9-17-16(13,4)5/h6-7,10,17H,8-9H2,1-5H3,(H,18,19). The Morgan fingerprint density at radius 3 is 2.70 bits per heavy atom. The van der Waals surface area contributed by atoms with Crippen molar-refractivity contribution in [2.24, 2.45) is 0 Å². The Kier molecular flexibility index (Phi) is 3.78. The molecule has 0 unspecified atom stereocenters. The van der Waals surface area contributed by atoms with Gasteiger partial charge in [-0.3, -0.25) is 5.32 Å². The van der Waals surface area contributed by atoms with E-state index in [2.05, 4.69) is 30.5 Å². The van der Waals surface area contributed by atoms with Crippen LogP contribution in [0.25, 0.3) is 0 Å². The summed E-state index contributed by atoms with van der Waals surface area (Å²) in [5, 5.41) is 6.29. The number of benzene rings is 1. The van der Waals surface area contributed by atoms with Crippen LogP contribution in [0.2, 0.25) is 0 Å². The van der Waals surface area contributed by atoms with Gasteiger partial charge in [-0.2, -0.15) is 0 Å². The molecule has 1 aromatic carbocycles. The van der Waals surface area contributed by atoms with Gasteiger partial charge < -0.3 is 10.1 Å². The van der Waals surface area contributed by atoms with E-state index in [0.717, 1.165) is 18.7 Å². The number of hydrogen-bond acceptors (Lipinski definition) is 3. The third-order valence-electron chi connectivity index (χ3n) is 3.39. The number of amides is 1. The zero-order chi connectivity index (χ0) is 15.0. The Bertz CT molecular complexity index is 516. The summed E-state index contributed by atoms with van der Waals surface area (Å²) in [6.45, 7) is 10.9. The first kappa shape index (κ1) is 14.9. The highest BCUT2D eigenvalue weighted by molar-refractivity contribution is 5.85. The molecule has 0 saturated heterocycles. The second-order valence-electron chi connectivity index (χ2n) is 6.80. The number of carbonyl (C=O) groups is 1. The molecule has 4 nitrogen and oxygen atoms in total. The highest BCUT2D eigenvalue weighted by Crippen LogP contribution is 2.30. The number of anilines is 1. The van der Waals surface area contributed by atoms with Crippen molar-refractivity contribution in [3.8, 4) is 0 Å². The van der Waals surface area contributed by atoms with Crippen molar-refractivity contribution in [2.75, 3.05) is 11.9 Å². The van der Waals surface area contributed by atoms with Crippen LogP contribution in [-0.2, 0) is 16.7 Å². The molecule has 1 amide bonds. The first-order valence-electron chi connectivity index (χ1n) is 7.06. The van der Waals surface area contributed by atoms with E-state index in [9.17, 15) is 4.79 Å². The fourth-order valence-electron chi connectivity index (χ4n) is 2.51. The second kappa shape index (κ2) is 5.09. The van der Waals surface area contributed by atoms with Crippen LogP contribution in [0.5, 0.6) is 0 Å². The zero-order valence-electron chi connectivity index (χ0n) is 13.0. The van der Waals surface area contributed by atoms with Crippen LogP contribution in [0.1, 0.15) is 45.7 Å². The third-order valence-corrected chi connectivity index (χ3v) is 3.39. The molecule has 1 aromatic rings. The molecule has 20 heavy (non-hydrogen) atoms. The van der Waals surface area contributed by atoms with Crippen molar-refractivity contribution in [1.29, 1.82) is 0 Å². The van der Waals surface area contributed by atoms with Crippen LogP contribution in [0, 0.1) is 0 Å². The van der Waals surface area contributed by atoms with E-state index >= 15 is 0 Å². The fourth-order valence-corrected chi connectivity index (χ4v) is 2.51. The summed E-state index contributed by atoms with van der Waals surface area (Å²) in [6, 6.07) is 6.05. The van der Waals surface area contributed by atoms with Gasteiger partial charge in [0.15, 0.2) is 0 Å². The average Bonchev–Trinajstić information content (AvgIpc) is 2.25. The van der Waals surface area contributed by atoms with Gasteiger partial charge in [-0.25, -0.2) is 4.79 Å². The van der Waals surface area contributed by atoms with Gasteiger partial charge in [-0.05, 0) is 70.8 Å². The summed E-state index contributed by atoms with van der Waals surface area (Å²) in [5.74, 6) is 0. The van der Waals surface area contributed by atoms with Gasteiger partial charge in [-0.1, -0.05) is 6.07 Å². The molecule has 0 radical (unpaired) electrons. The molecule has 2 rings (SSSR count). The van der Waals surface area contributed by atoms with E-state index in [1.165, 1.54) is 11.1 Å². The molecule has 2 N–H and O–H groups in total. The monoisotopic (exact) mass is 276 g/mol. The predicted molar refractivity (Wildman–Crippen MR) is 81.0 cm³/mol. The second-order valence-corrected chi connectivity index (χ2v) is 6.80. The maximum atomic E-state index is 11.8. The molecule has 110 valence electrons. The number of hydrogen-bond donors (Lipinski definition) is 2. The summed E-state index contributed by atoms with van der Waals surface area (Å²) >= 11 is 0.